The number of carbonyl (C=O) groups excluding carboxylic acids is 1. The van der Waals surface area contributed by atoms with Crippen molar-refractivity contribution in [3.63, 3.8) is 0 Å². The highest BCUT2D eigenvalue weighted by atomic mass is 32.2. The van der Waals surface area contributed by atoms with E-state index < -0.39 is 0 Å². The van der Waals surface area contributed by atoms with Crippen LogP contribution >= 0.6 is 11.9 Å². The van der Waals surface area contributed by atoms with E-state index in [0.717, 1.165) is 28.3 Å². The number of para-hydroxylation sites is 1. The van der Waals surface area contributed by atoms with E-state index in [0.29, 0.717) is 24.4 Å². The minimum Gasteiger partial charge on any atom is -0.395 e. The van der Waals surface area contributed by atoms with Crippen LogP contribution in [0.2, 0.25) is 0 Å². The van der Waals surface area contributed by atoms with E-state index in [-0.39, 0.29) is 12.4 Å². The standard InChI is InChI=1S/C20H20N4O2S/c25-10-11-27-24-12-16-18(17(26)13-24)20(22-15-4-2-1-3-5-15)19(23-16)14-6-8-21-9-7-14/h1-9,22-23,25H,10-13H2. The number of hydrogen-bond donors (Lipinski definition) is 3. The number of aromatic nitrogens is 2. The molecule has 1 aliphatic rings. The molecule has 0 saturated heterocycles. The lowest BCUT2D eigenvalue weighted by atomic mass is 10.0. The number of aliphatic hydroxyl groups excluding tert-OH is 1. The van der Waals surface area contributed by atoms with E-state index in [1.165, 1.54) is 11.9 Å². The molecular formula is C20H20N4O2S. The molecule has 0 aliphatic carbocycles. The van der Waals surface area contributed by atoms with Crippen LogP contribution in [0.5, 0.6) is 0 Å². The van der Waals surface area contributed by atoms with Crippen molar-refractivity contribution in [1.29, 1.82) is 0 Å². The molecule has 3 aromatic rings. The summed E-state index contributed by atoms with van der Waals surface area (Å²) in [7, 11) is 0. The van der Waals surface area contributed by atoms with E-state index in [1.54, 1.807) is 12.4 Å². The van der Waals surface area contributed by atoms with Gasteiger partial charge in [0.1, 0.15) is 0 Å². The van der Waals surface area contributed by atoms with Gasteiger partial charge in [0.15, 0.2) is 5.78 Å². The maximum absolute atomic E-state index is 12.9. The number of benzene rings is 1. The van der Waals surface area contributed by atoms with Gasteiger partial charge in [-0.2, -0.15) is 0 Å². The molecule has 0 saturated carbocycles. The minimum atomic E-state index is 0.0664. The Hall–Kier alpha value is -2.61. The molecule has 138 valence electrons. The second-order valence-electron chi connectivity index (χ2n) is 6.23. The number of ketones is 1. The summed E-state index contributed by atoms with van der Waals surface area (Å²) in [5.74, 6) is 0.645. The fourth-order valence-electron chi connectivity index (χ4n) is 3.24. The lowest BCUT2D eigenvalue weighted by molar-refractivity contribution is 0.0955. The van der Waals surface area contributed by atoms with Crippen LogP contribution in [0.3, 0.4) is 0 Å². The number of nitrogens with zero attached hydrogens (tertiary/aromatic N) is 2. The molecular weight excluding hydrogens is 360 g/mol. The van der Waals surface area contributed by atoms with Gasteiger partial charge in [-0.05, 0) is 24.3 Å². The first-order chi connectivity index (χ1) is 13.3. The van der Waals surface area contributed by atoms with Gasteiger partial charge >= 0.3 is 0 Å². The lowest BCUT2D eigenvalue weighted by Gasteiger charge is -2.24. The Morgan fingerprint density at radius 3 is 2.67 bits per heavy atom. The van der Waals surface area contributed by atoms with Gasteiger partial charge in [0.2, 0.25) is 0 Å². The number of anilines is 2. The van der Waals surface area contributed by atoms with Crippen molar-refractivity contribution in [2.24, 2.45) is 0 Å². The molecule has 0 radical (unpaired) electrons. The highest BCUT2D eigenvalue weighted by Gasteiger charge is 2.30. The van der Waals surface area contributed by atoms with Crippen LogP contribution in [0, 0.1) is 0 Å². The molecule has 1 aliphatic heterocycles. The number of rotatable bonds is 6. The van der Waals surface area contributed by atoms with Gasteiger partial charge in [0.25, 0.3) is 0 Å². The molecule has 4 rings (SSSR count). The van der Waals surface area contributed by atoms with Crippen molar-refractivity contribution in [1.82, 2.24) is 14.3 Å². The van der Waals surface area contributed by atoms with Crippen LogP contribution in [0.25, 0.3) is 11.3 Å². The van der Waals surface area contributed by atoms with Crippen LogP contribution in [-0.2, 0) is 6.54 Å². The molecule has 1 aromatic carbocycles. The van der Waals surface area contributed by atoms with Crippen molar-refractivity contribution >= 4 is 29.1 Å². The zero-order valence-corrected chi connectivity index (χ0v) is 15.5. The summed E-state index contributed by atoms with van der Waals surface area (Å²) >= 11 is 1.49. The number of H-pyrrole nitrogens is 1. The predicted octanol–water partition coefficient (Wildman–Crippen LogP) is 3.46. The van der Waals surface area contributed by atoms with Crippen molar-refractivity contribution < 1.29 is 9.90 Å². The smallest absolute Gasteiger partial charge is 0.181 e. The topological polar surface area (TPSA) is 81.2 Å². The second-order valence-corrected chi connectivity index (χ2v) is 7.42. The SMILES string of the molecule is O=C1CN(SCCO)Cc2[nH]c(-c3ccncc3)c(Nc3ccccc3)c21. The van der Waals surface area contributed by atoms with Gasteiger partial charge in [0.05, 0.1) is 36.6 Å². The van der Waals surface area contributed by atoms with Crippen LogP contribution in [-0.4, -0.2) is 44.1 Å². The Morgan fingerprint density at radius 1 is 1.15 bits per heavy atom. The molecule has 27 heavy (non-hydrogen) atoms. The fraction of sp³-hybridized carbons (Fsp3) is 0.200. The van der Waals surface area contributed by atoms with Crippen molar-refractivity contribution in [3.8, 4) is 11.3 Å². The minimum absolute atomic E-state index is 0.0664. The summed E-state index contributed by atoms with van der Waals surface area (Å²) in [5.41, 5.74) is 5.20. The molecule has 3 N–H and O–H groups in total. The maximum atomic E-state index is 12.9. The monoisotopic (exact) mass is 380 g/mol. The number of Topliss-reactive ketones (excluding diaryl/α,β-unsaturated/α-hetero) is 1. The van der Waals surface area contributed by atoms with Crippen molar-refractivity contribution in [2.45, 2.75) is 6.54 Å². The molecule has 0 atom stereocenters. The zero-order valence-electron chi connectivity index (χ0n) is 14.7. The molecule has 0 bridgehead atoms. The van der Waals surface area contributed by atoms with E-state index in [4.69, 9.17) is 5.11 Å². The number of nitrogens with one attached hydrogen (secondary N) is 2. The summed E-state index contributed by atoms with van der Waals surface area (Å²) in [4.78, 5) is 20.5. The molecule has 0 amide bonds. The highest BCUT2D eigenvalue weighted by molar-refractivity contribution is 7.97. The van der Waals surface area contributed by atoms with Crippen LogP contribution in [0.15, 0.2) is 54.9 Å². The first kappa shape index (κ1) is 17.8. The first-order valence-electron chi connectivity index (χ1n) is 8.75. The molecule has 0 fully saturated rings. The Morgan fingerprint density at radius 2 is 1.93 bits per heavy atom. The molecule has 3 heterocycles. The Kier molecular flexibility index (Phi) is 5.24. The first-order valence-corrected chi connectivity index (χ1v) is 9.69. The summed E-state index contributed by atoms with van der Waals surface area (Å²) in [6.45, 7) is 1.05. The summed E-state index contributed by atoms with van der Waals surface area (Å²) < 4.78 is 1.99. The van der Waals surface area contributed by atoms with Gasteiger partial charge in [0, 0.05) is 35.1 Å². The van der Waals surface area contributed by atoms with Gasteiger partial charge in [-0.15, -0.1) is 0 Å². The molecule has 6 nitrogen and oxygen atoms in total. The Labute approximate surface area is 161 Å². The number of carbonyl (C=O) groups is 1. The van der Waals surface area contributed by atoms with E-state index in [9.17, 15) is 4.79 Å². The van der Waals surface area contributed by atoms with Crippen LogP contribution in [0.4, 0.5) is 11.4 Å². The average molecular weight is 380 g/mol. The normalized spacial score (nSPS) is 14.2. The van der Waals surface area contributed by atoms with E-state index in [2.05, 4.69) is 15.3 Å². The van der Waals surface area contributed by atoms with Gasteiger partial charge in [-0.1, -0.05) is 30.1 Å². The van der Waals surface area contributed by atoms with E-state index in [1.807, 2.05) is 46.8 Å². The highest BCUT2D eigenvalue weighted by Crippen LogP contribution is 2.38. The maximum Gasteiger partial charge on any atom is 0.181 e. The molecule has 0 unspecified atom stereocenters. The van der Waals surface area contributed by atoms with Crippen LogP contribution < -0.4 is 5.32 Å². The lowest BCUT2D eigenvalue weighted by Crippen LogP contribution is -2.30. The van der Waals surface area contributed by atoms with Crippen molar-refractivity contribution in [2.75, 3.05) is 24.2 Å². The number of pyridine rings is 1. The van der Waals surface area contributed by atoms with Gasteiger partial charge in [-0.3, -0.25) is 9.78 Å². The number of aliphatic hydroxyl groups is 1. The fourth-order valence-corrected chi connectivity index (χ4v) is 4.01. The largest absolute Gasteiger partial charge is 0.395 e. The van der Waals surface area contributed by atoms with Gasteiger partial charge < -0.3 is 15.4 Å². The Balaban J connectivity index is 1.76. The predicted molar refractivity (Wildman–Crippen MR) is 108 cm³/mol. The second kappa shape index (κ2) is 7.96. The molecule has 0 spiro atoms. The Bertz CT molecular complexity index is 928. The molecule has 2 aromatic heterocycles. The van der Waals surface area contributed by atoms with Crippen LogP contribution in [0.1, 0.15) is 16.1 Å². The number of hydrogen-bond acceptors (Lipinski definition) is 6. The summed E-state index contributed by atoms with van der Waals surface area (Å²) in [6.07, 6.45) is 3.49. The van der Waals surface area contributed by atoms with Crippen molar-refractivity contribution in [3.05, 3.63) is 66.1 Å². The third-order valence-corrected chi connectivity index (χ3v) is 5.38. The average Bonchev–Trinajstić information content (AvgIpc) is 3.06. The third-order valence-electron chi connectivity index (χ3n) is 4.39. The third kappa shape index (κ3) is 3.75. The van der Waals surface area contributed by atoms with E-state index >= 15 is 0 Å². The molecule has 7 heteroatoms. The summed E-state index contributed by atoms with van der Waals surface area (Å²) in [6, 6.07) is 13.7. The quantitative estimate of drug-likeness (QED) is 0.568. The van der Waals surface area contributed by atoms with Gasteiger partial charge in [-0.25, -0.2) is 4.31 Å². The number of aromatic amines is 1. The summed E-state index contributed by atoms with van der Waals surface area (Å²) in [5, 5.41) is 12.5. The zero-order chi connectivity index (χ0) is 18.6. The number of fused-ring (bicyclic) bond motifs is 1.